The Morgan fingerprint density at radius 3 is 2.39 bits per heavy atom. The van der Waals surface area contributed by atoms with Gasteiger partial charge in [0.1, 0.15) is 0 Å². The predicted molar refractivity (Wildman–Crippen MR) is 127 cm³/mol. The number of amides is 1. The van der Waals surface area contributed by atoms with E-state index < -0.39 is 5.91 Å². The zero-order valence-electron chi connectivity index (χ0n) is 18.4. The highest BCUT2D eigenvalue weighted by Crippen LogP contribution is 2.17. The van der Waals surface area contributed by atoms with Crippen molar-refractivity contribution in [3.05, 3.63) is 58.9 Å². The summed E-state index contributed by atoms with van der Waals surface area (Å²) in [5, 5.41) is 9.48. The number of nitrogens with zero attached hydrogens (tertiary/aromatic N) is 5. The topological polar surface area (TPSA) is 94.1 Å². The van der Waals surface area contributed by atoms with E-state index >= 15 is 0 Å². The van der Waals surface area contributed by atoms with E-state index in [-0.39, 0.29) is 11.6 Å². The fourth-order valence-corrected chi connectivity index (χ4v) is 4.19. The summed E-state index contributed by atoms with van der Waals surface area (Å²) in [6.45, 7) is 7.75. The Morgan fingerprint density at radius 1 is 1.09 bits per heavy atom. The average Bonchev–Trinajstić information content (AvgIpc) is 2.88. The molecule has 176 valence electrons. The maximum Gasteiger partial charge on any atom is 0.277 e. The first-order chi connectivity index (χ1) is 16.1. The van der Waals surface area contributed by atoms with Crippen molar-refractivity contribution in [1.82, 2.24) is 25.2 Å². The first-order valence-corrected chi connectivity index (χ1v) is 11.5. The smallest absolute Gasteiger partial charge is 0.277 e. The Bertz CT molecular complexity index is 926. The number of hydrogen-bond donors (Lipinski definition) is 2. The molecule has 0 aliphatic carbocycles. The van der Waals surface area contributed by atoms with Gasteiger partial charge in [-0.05, 0) is 17.7 Å². The fourth-order valence-electron chi connectivity index (χ4n) is 4.06. The number of nitrogens with one attached hydrogen (secondary N) is 1. The van der Waals surface area contributed by atoms with Crippen molar-refractivity contribution >= 4 is 29.5 Å². The normalized spacial score (nSPS) is 19.0. The van der Waals surface area contributed by atoms with E-state index in [9.17, 15) is 4.79 Å². The van der Waals surface area contributed by atoms with Gasteiger partial charge in [-0.15, -0.1) is 0 Å². The molecule has 2 fully saturated rings. The van der Waals surface area contributed by atoms with Gasteiger partial charge in [-0.3, -0.25) is 19.8 Å². The summed E-state index contributed by atoms with van der Waals surface area (Å²) >= 11 is 6.02. The van der Waals surface area contributed by atoms with Crippen LogP contribution in [-0.2, 0) is 4.74 Å². The van der Waals surface area contributed by atoms with E-state index in [1.54, 1.807) is 5.48 Å². The van der Waals surface area contributed by atoms with Gasteiger partial charge in [0.15, 0.2) is 0 Å². The monoisotopic (exact) mass is 472 g/mol. The molecule has 0 saturated carbocycles. The summed E-state index contributed by atoms with van der Waals surface area (Å²) in [6, 6.07) is 8.15. The third-order valence-corrected chi connectivity index (χ3v) is 6.25. The van der Waals surface area contributed by atoms with Gasteiger partial charge >= 0.3 is 0 Å². The minimum absolute atomic E-state index is 0.220. The van der Waals surface area contributed by atoms with Crippen LogP contribution in [0.25, 0.3) is 6.08 Å². The number of piperazine rings is 1. The van der Waals surface area contributed by atoms with Gasteiger partial charge in [-0.25, -0.2) is 15.4 Å². The summed E-state index contributed by atoms with van der Waals surface area (Å²) < 4.78 is 5.52. The summed E-state index contributed by atoms with van der Waals surface area (Å²) in [7, 11) is 0. The second-order valence-electron chi connectivity index (χ2n) is 8.13. The van der Waals surface area contributed by atoms with Crippen molar-refractivity contribution in [3.63, 3.8) is 0 Å². The zero-order chi connectivity index (χ0) is 23.0. The first kappa shape index (κ1) is 23.6. The molecule has 2 N–H and O–H groups in total. The molecule has 33 heavy (non-hydrogen) atoms. The van der Waals surface area contributed by atoms with Crippen molar-refractivity contribution in [3.8, 4) is 0 Å². The molecular formula is C23H29ClN6O3. The van der Waals surface area contributed by atoms with Crippen LogP contribution in [0.15, 0.2) is 42.7 Å². The van der Waals surface area contributed by atoms with E-state index in [4.69, 9.17) is 21.5 Å². The Labute approximate surface area is 198 Å². The van der Waals surface area contributed by atoms with E-state index in [2.05, 4.69) is 36.8 Å². The summed E-state index contributed by atoms with van der Waals surface area (Å²) in [4.78, 5) is 27.1. The van der Waals surface area contributed by atoms with Gasteiger partial charge in [0.05, 0.1) is 18.8 Å². The molecule has 2 aromatic rings. The van der Waals surface area contributed by atoms with Crippen LogP contribution in [0.3, 0.4) is 0 Å². The molecule has 0 bridgehead atoms. The van der Waals surface area contributed by atoms with E-state index in [1.165, 1.54) is 12.4 Å². The number of carbonyl (C=O) groups is 1. The lowest BCUT2D eigenvalue weighted by atomic mass is 10.1. The molecule has 10 heteroatoms. The van der Waals surface area contributed by atoms with Crippen molar-refractivity contribution in [2.24, 2.45) is 0 Å². The molecule has 4 rings (SSSR count). The SMILES string of the molecule is O=C(NO)c1cnc(N2CCN(C(/C=C/c3ccc(Cl)cc3)CN3CCOCC3)CC2)nc1. The van der Waals surface area contributed by atoms with Gasteiger partial charge in [0, 0.05) is 69.3 Å². The molecule has 2 aliphatic heterocycles. The maximum absolute atomic E-state index is 11.5. The van der Waals surface area contributed by atoms with Crippen LogP contribution < -0.4 is 10.4 Å². The first-order valence-electron chi connectivity index (χ1n) is 11.1. The molecule has 1 aromatic heterocycles. The number of halogens is 1. The van der Waals surface area contributed by atoms with Crippen LogP contribution in [0, 0.1) is 0 Å². The number of ether oxygens (including phenoxy) is 1. The molecule has 1 aromatic carbocycles. The molecule has 2 aliphatic rings. The van der Waals surface area contributed by atoms with E-state index in [0.29, 0.717) is 5.95 Å². The molecule has 3 heterocycles. The maximum atomic E-state index is 11.5. The molecule has 0 radical (unpaired) electrons. The summed E-state index contributed by atoms with van der Waals surface area (Å²) in [5.74, 6) is -0.0321. The van der Waals surface area contributed by atoms with Crippen molar-refractivity contribution in [2.45, 2.75) is 6.04 Å². The molecule has 1 atom stereocenters. The number of hydrogen-bond acceptors (Lipinski definition) is 8. The predicted octanol–water partition coefficient (Wildman–Crippen LogP) is 1.79. The minimum Gasteiger partial charge on any atom is -0.379 e. The Balaban J connectivity index is 1.40. The van der Waals surface area contributed by atoms with Crippen LogP contribution in [0.1, 0.15) is 15.9 Å². The summed E-state index contributed by atoms with van der Waals surface area (Å²) in [5.41, 5.74) is 2.94. The fraction of sp³-hybridized carbons (Fsp3) is 0.435. The van der Waals surface area contributed by atoms with Gasteiger partial charge in [0.25, 0.3) is 5.91 Å². The lowest BCUT2D eigenvalue weighted by molar-refractivity contribution is 0.0269. The van der Waals surface area contributed by atoms with Crippen molar-refractivity contribution in [2.75, 3.05) is 63.9 Å². The Kier molecular flexibility index (Phi) is 8.25. The molecule has 1 unspecified atom stereocenters. The van der Waals surface area contributed by atoms with E-state index in [0.717, 1.165) is 69.6 Å². The van der Waals surface area contributed by atoms with Crippen LogP contribution in [0.2, 0.25) is 5.02 Å². The molecular weight excluding hydrogens is 444 g/mol. The van der Waals surface area contributed by atoms with Crippen LogP contribution in [0.5, 0.6) is 0 Å². The minimum atomic E-state index is -0.621. The molecule has 2 saturated heterocycles. The lowest BCUT2D eigenvalue weighted by Crippen LogP contribution is -2.54. The number of aromatic nitrogens is 2. The zero-order valence-corrected chi connectivity index (χ0v) is 19.2. The van der Waals surface area contributed by atoms with Crippen molar-refractivity contribution < 1.29 is 14.7 Å². The molecule has 9 nitrogen and oxygen atoms in total. The molecule has 1 amide bonds. The quantitative estimate of drug-likeness (QED) is 0.465. The third-order valence-electron chi connectivity index (χ3n) is 6.00. The van der Waals surface area contributed by atoms with Gasteiger partial charge in [-0.2, -0.15) is 0 Å². The standard InChI is InChI=1S/C23H29ClN6O3/c24-20-4-1-18(2-5-20)3-6-21(17-28-11-13-33-14-12-28)29-7-9-30(10-8-29)23-25-15-19(16-26-23)22(31)27-32/h1-6,15-16,21,32H,7-14,17H2,(H,27,31)/b6-3+. The Hall–Kier alpha value is -2.56. The summed E-state index contributed by atoms with van der Waals surface area (Å²) in [6.07, 6.45) is 7.31. The highest BCUT2D eigenvalue weighted by Gasteiger charge is 2.26. The lowest BCUT2D eigenvalue weighted by Gasteiger charge is -2.40. The number of carbonyl (C=O) groups excluding carboxylic acids is 1. The highest BCUT2D eigenvalue weighted by molar-refractivity contribution is 6.30. The van der Waals surface area contributed by atoms with Gasteiger partial charge in [-0.1, -0.05) is 35.9 Å². The number of anilines is 1. The van der Waals surface area contributed by atoms with Gasteiger partial charge < -0.3 is 9.64 Å². The Morgan fingerprint density at radius 2 is 1.76 bits per heavy atom. The van der Waals surface area contributed by atoms with Crippen molar-refractivity contribution in [1.29, 1.82) is 0 Å². The average molecular weight is 473 g/mol. The van der Waals surface area contributed by atoms with Crippen LogP contribution in [-0.4, -0.2) is 96.0 Å². The number of benzene rings is 1. The van der Waals surface area contributed by atoms with Gasteiger partial charge in [0.2, 0.25) is 5.95 Å². The second kappa shape index (κ2) is 11.5. The second-order valence-corrected chi connectivity index (χ2v) is 8.56. The highest BCUT2D eigenvalue weighted by atomic mass is 35.5. The number of morpholine rings is 1. The van der Waals surface area contributed by atoms with Crippen LogP contribution in [0.4, 0.5) is 5.95 Å². The number of hydroxylamine groups is 1. The number of rotatable bonds is 7. The van der Waals surface area contributed by atoms with Crippen LogP contribution >= 0.6 is 11.6 Å². The largest absolute Gasteiger partial charge is 0.379 e. The third kappa shape index (κ3) is 6.49. The molecule has 0 spiro atoms. The van der Waals surface area contributed by atoms with E-state index in [1.807, 2.05) is 24.3 Å².